The summed E-state index contributed by atoms with van der Waals surface area (Å²) in [6.45, 7) is 2.84. The van der Waals surface area contributed by atoms with E-state index in [1.165, 1.54) is 19.3 Å². The average Bonchev–Trinajstić information content (AvgIpc) is 3.17. The molecule has 0 radical (unpaired) electrons. The lowest BCUT2D eigenvalue weighted by molar-refractivity contribution is -0.165. The number of piperazine rings is 2. The second kappa shape index (κ2) is 7.05. The van der Waals surface area contributed by atoms with E-state index in [-0.39, 0.29) is 23.9 Å². The Morgan fingerprint density at radius 3 is 2.80 bits per heavy atom. The summed E-state index contributed by atoms with van der Waals surface area (Å²) in [4.78, 5) is 37.5. The van der Waals surface area contributed by atoms with Crippen molar-refractivity contribution >= 4 is 22.7 Å². The standard InChI is InChI=1S/C24H28N4O2/c29-23-21-12-18-6-2-4-8-20(18)28(21)24(30)22-15-26(9-10-27(22)23)14-16-11-17-5-1-3-7-19(17)25-13-16/h1,3,5,7,11,13,18,20-22H,2,4,6,8-10,12,14-15H2. The van der Waals surface area contributed by atoms with Gasteiger partial charge in [0.25, 0.3) is 0 Å². The highest BCUT2D eigenvalue weighted by molar-refractivity contribution is 5.98. The molecule has 1 aromatic heterocycles. The topological polar surface area (TPSA) is 56.8 Å². The maximum atomic E-state index is 13.5. The molecule has 4 heterocycles. The van der Waals surface area contributed by atoms with Gasteiger partial charge < -0.3 is 9.80 Å². The molecule has 6 nitrogen and oxygen atoms in total. The van der Waals surface area contributed by atoms with Crippen molar-refractivity contribution in [3.8, 4) is 0 Å². The van der Waals surface area contributed by atoms with Crippen LogP contribution in [0, 0.1) is 5.92 Å². The molecule has 4 fully saturated rings. The summed E-state index contributed by atoms with van der Waals surface area (Å²) in [5, 5.41) is 1.14. The van der Waals surface area contributed by atoms with Crippen molar-refractivity contribution in [1.29, 1.82) is 0 Å². The molecule has 1 aromatic carbocycles. The van der Waals surface area contributed by atoms with Gasteiger partial charge in [-0.2, -0.15) is 0 Å². The lowest BCUT2D eigenvalue weighted by atomic mass is 9.85. The van der Waals surface area contributed by atoms with Gasteiger partial charge in [0.2, 0.25) is 11.8 Å². The molecule has 0 bridgehead atoms. The summed E-state index contributed by atoms with van der Waals surface area (Å²) in [5.41, 5.74) is 2.16. The molecule has 3 saturated heterocycles. The van der Waals surface area contributed by atoms with Crippen LogP contribution < -0.4 is 0 Å². The first-order valence-corrected chi connectivity index (χ1v) is 11.4. The summed E-state index contributed by atoms with van der Waals surface area (Å²) in [6.07, 6.45) is 7.48. The van der Waals surface area contributed by atoms with Crippen LogP contribution in [-0.4, -0.2) is 69.3 Å². The number of pyridine rings is 1. The molecule has 30 heavy (non-hydrogen) atoms. The van der Waals surface area contributed by atoms with Crippen LogP contribution >= 0.6 is 0 Å². The van der Waals surface area contributed by atoms with Crippen molar-refractivity contribution in [3.05, 3.63) is 42.1 Å². The van der Waals surface area contributed by atoms with E-state index in [0.29, 0.717) is 25.0 Å². The molecule has 0 spiro atoms. The maximum Gasteiger partial charge on any atom is 0.247 e. The lowest BCUT2D eigenvalue weighted by Gasteiger charge is -2.49. The number of hydrogen-bond acceptors (Lipinski definition) is 4. The number of carbonyl (C=O) groups is 2. The van der Waals surface area contributed by atoms with Crippen LogP contribution in [0.4, 0.5) is 0 Å². The minimum absolute atomic E-state index is 0.190. The zero-order valence-corrected chi connectivity index (χ0v) is 17.2. The van der Waals surface area contributed by atoms with Gasteiger partial charge in [-0.1, -0.05) is 31.0 Å². The largest absolute Gasteiger partial charge is 0.326 e. The third-order valence-corrected chi connectivity index (χ3v) is 7.71. The molecule has 6 heteroatoms. The fourth-order valence-electron chi connectivity index (χ4n) is 6.28. The number of nitrogens with zero attached hydrogens (tertiary/aromatic N) is 4. The number of rotatable bonds is 2. The minimum Gasteiger partial charge on any atom is -0.326 e. The molecule has 4 unspecified atom stereocenters. The number of carbonyl (C=O) groups excluding carboxylic acids is 2. The second-order valence-electron chi connectivity index (χ2n) is 9.43. The molecule has 4 aliphatic rings. The molecule has 156 valence electrons. The Hall–Kier alpha value is -2.47. The normalized spacial score (nSPS) is 31.6. The van der Waals surface area contributed by atoms with E-state index in [1.807, 2.05) is 34.2 Å². The number of aromatic nitrogens is 1. The Bertz CT molecular complexity index is 1010. The molecule has 3 aliphatic heterocycles. The lowest BCUT2D eigenvalue weighted by Crippen LogP contribution is -2.69. The predicted octanol–water partition coefficient (Wildman–Crippen LogP) is 2.42. The monoisotopic (exact) mass is 404 g/mol. The minimum atomic E-state index is -0.323. The third kappa shape index (κ3) is 2.84. The molecule has 1 aliphatic carbocycles. The third-order valence-electron chi connectivity index (χ3n) is 7.71. The first-order valence-electron chi connectivity index (χ1n) is 11.4. The van der Waals surface area contributed by atoms with Crippen LogP contribution in [-0.2, 0) is 16.1 Å². The Morgan fingerprint density at radius 2 is 1.87 bits per heavy atom. The van der Waals surface area contributed by atoms with Crippen LogP contribution in [0.3, 0.4) is 0 Å². The molecule has 1 saturated carbocycles. The van der Waals surface area contributed by atoms with Gasteiger partial charge in [0.1, 0.15) is 12.1 Å². The highest BCUT2D eigenvalue weighted by Crippen LogP contribution is 2.43. The number of amides is 2. The van der Waals surface area contributed by atoms with Gasteiger partial charge in [-0.3, -0.25) is 19.5 Å². The van der Waals surface area contributed by atoms with Gasteiger partial charge in [0, 0.05) is 43.8 Å². The summed E-state index contributed by atoms with van der Waals surface area (Å²) in [7, 11) is 0. The van der Waals surface area contributed by atoms with Gasteiger partial charge in [0.05, 0.1) is 5.52 Å². The van der Waals surface area contributed by atoms with Gasteiger partial charge in [-0.05, 0) is 42.9 Å². The number of fused-ring (bicyclic) bond motifs is 5. The van der Waals surface area contributed by atoms with E-state index in [1.54, 1.807) is 0 Å². The van der Waals surface area contributed by atoms with Crippen molar-refractivity contribution < 1.29 is 9.59 Å². The Kier molecular flexibility index (Phi) is 4.30. The Balaban J connectivity index is 1.21. The first kappa shape index (κ1) is 18.3. The van der Waals surface area contributed by atoms with E-state index in [0.717, 1.165) is 42.4 Å². The molecule has 2 amide bonds. The van der Waals surface area contributed by atoms with Gasteiger partial charge >= 0.3 is 0 Å². The van der Waals surface area contributed by atoms with Crippen LogP contribution in [0.25, 0.3) is 10.9 Å². The van der Waals surface area contributed by atoms with Gasteiger partial charge in [0.15, 0.2) is 0 Å². The van der Waals surface area contributed by atoms with Crippen LogP contribution in [0.2, 0.25) is 0 Å². The highest BCUT2D eigenvalue weighted by atomic mass is 16.2. The summed E-state index contributed by atoms with van der Waals surface area (Å²) >= 11 is 0. The molecule has 2 aromatic rings. The molecular weight excluding hydrogens is 376 g/mol. The Labute approximate surface area is 176 Å². The van der Waals surface area contributed by atoms with Gasteiger partial charge in [-0.15, -0.1) is 0 Å². The van der Waals surface area contributed by atoms with Gasteiger partial charge in [-0.25, -0.2) is 0 Å². The zero-order chi connectivity index (χ0) is 20.2. The summed E-state index contributed by atoms with van der Waals surface area (Å²) in [5.74, 6) is 0.911. The van der Waals surface area contributed by atoms with Crippen LogP contribution in [0.1, 0.15) is 37.7 Å². The van der Waals surface area contributed by atoms with E-state index in [9.17, 15) is 9.59 Å². The van der Waals surface area contributed by atoms with E-state index in [2.05, 4.69) is 22.0 Å². The summed E-state index contributed by atoms with van der Waals surface area (Å²) < 4.78 is 0. The van der Waals surface area contributed by atoms with Crippen molar-refractivity contribution in [2.75, 3.05) is 19.6 Å². The van der Waals surface area contributed by atoms with Crippen molar-refractivity contribution in [2.24, 2.45) is 5.92 Å². The highest BCUT2D eigenvalue weighted by Gasteiger charge is 2.55. The smallest absolute Gasteiger partial charge is 0.247 e. The maximum absolute atomic E-state index is 13.5. The fourth-order valence-corrected chi connectivity index (χ4v) is 6.28. The number of para-hydroxylation sites is 1. The van der Waals surface area contributed by atoms with E-state index < -0.39 is 0 Å². The van der Waals surface area contributed by atoms with Crippen molar-refractivity contribution in [1.82, 2.24) is 19.7 Å². The number of benzene rings is 1. The van der Waals surface area contributed by atoms with Crippen molar-refractivity contribution in [2.45, 2.75) is 56.8 Å². The molecule has 0 N–H and O–H groups in total. The van der Waals surface area contributed by atoms with Crippen LogP contribution in [0.5, 0.6) is 0 Å². The van der Waals surface area contributed by atoms with E-state index in [4.69, 9.17) is 0 Å². The second-order valence-corrected chi connectivity index (χ2v) is 9.43. The average molecular weight is 405 g/mol. The molecular formula is C24H28N4O2. The SMILES string of the molecule is O=C1C2CC3CCCCC3N2C(=O)C2CN(Cc3cnc4ccccc4c3)CCN12. The molecule has 4 atom stereocenters. The van der Waals surface area contributed by atoms with Crippen LogP contribution in [0.15, 0.2) is 36.5 Å². The van der Waals surface area contributed by atoms with E-state index >= 15 is 0 Å². The first-order chi connectivity index (χ1) is 14.7. The van der Waals surface area contributed by atoms with Crippen molar-refractivity contribution in [3.63, 3.8) is 0 Å². The molecule has 6 rings (SSSR count). The Morgan fingerprint density at radius 1 is 1.00 bits per heavy atom. The predicted molar refractivity (Wildman–Crippen MR) is 114 cm³/mol. The number of hydrogen-bond donors (Lipinski definition) is 0. The summed E-state index contributed by atoms with van der Waals surface area (Å²) in [6, 6.07) is 10.1. The fraction of sp³-hybridized carbons (Fsp3) is 0.542. The zero-order valence-electron chi connectivity index (χ0n) is 17.2. The quantitative estimate of drug-likeness (QED) is 0.771.